The Morgan fingerprint density at radius 1 is 0.900 bits per heavy atom. The third-order valence-electron chi connectivity index (χ3n) is 4.71. The summed E-state index contributed by atoms with van der Waals surface area (Å²) in [5, 5.41) is 3.28. The zero-order valence-electron chi connectivity index (χ0n) is 16.0. The fraction of sp³-hybridized carbons (Fsp3) is 0.0833. The molecule has 1 heterocycles. The SMILES string of the molecule is O=C1N/C(=C/c2ccccc2OCc2ccccc2Cl)C(=O)N1Cc1ccccc1. The van der Waals surface area contributed by atoms with Gasteiger partial charge in [-0.1, -0.05) is 78.3 Å². The van der Waals surface area contributed by atoms with E-state index in [0.29, 0.717) is 22.9 Å². The van der Waals surface area contributed by atoms with Gasteiger partial charge >= 0.3 is 6.03 Å². The fourth-order valence-electron chi connectivity index (χ4n) is 3.14. The van der Waals surface area contributed by atoms with Crippen LogP contribution in [-0.2, 0) is 17.9 Å². The van der Waals surface area contributed by atoms with E-state index >= 15 is 0 Å². The van der Waals surface area contributed by atoms with Gasteiger partial charge in [0.25, 0.3) is 5.91 Å². The van der Waals surface area contributed by atoms with Crippen LogP contribution in [0.5, 0.6) is 5.75 Å². The van der Waals surface area contributed by atoms with Crippen LogP contribution in [0.2, 0.25) is 5.02 Å². The van der Waals surface area contributed by atoms with Gasteiger partial charge < -0.3 is 10.1 Å². The number of para-hydroxylation sites is 1. The molecule has 1 aliphatic heterocycles. The molecule has 0 spiro atoms. The lowest BCUT2D eigenvalue weighted by Crippen LogP contribution is -2.30. The summed E-state index contributed by atoms with van der Waals surface area (Å²) in [7, 11) is 0. The number of hydrogen-bond acceptors (Lipinski definition) is 3. The molecule has 5 nitrogen and oxygen atoms in total. The maximum atomic E-state index is 12.8. The average molecular weight is 419 g/mol. The van der Waals surface area contributed by atoms with E-state index in [1.807, 2.05) is 78.9 Å². The highest BCUT2D eigenvalue weighted by atomic mass is 35.5. The molecule has 3 amide bonds. The molecule has 30 heavy (non-hydrogen) atoms. The molecule has 0 bridgehead atoms. The summed E-state index contributed by atoms with van der Waals surface area (Å²) in [4.78, 5) is 26.3. The fourth-order valence-corrected chi connectivity index (χ4v) is 3.33. The quantitative estimate of drug-likeness (QED) is 0.452. The van der Waals surface area contributed by atoms with Gasteiger partial charge in [-0.05, 0) is 23.8 Å². The van der Waals surface area contributed by atoms with Crippen molar-refractivity contribution in [1.29, 1.82) is 0 Å². The van der Waals surface area contributed by atoms with Crippen LogP contribution < -0.4 is 10.1 Å². The van der Waals surface area contributed by atoms with Crippen LogP contribution in [0.4, 0.5) is 4.79 Å². The van der Waals surface area contributed by atoms with Crippen LogP contribution in [0.25, 0.3) is 6.08 Å². The number of amides is 3. The van der Waals surface area contributed by atoms with Gasteiger partial charge in [0, 0.05) is 16.1 Å². The van der Waals surface area contributed by atoms with Crippen molar-refractivity contribution in [3.05, 3.63) is 106 Å². The first-order valence-corrected chi connectivity index (χ1v) is 9.83. The first-order chi connectivity index (χ1) is 14.6. The summed E-state index contributed by atoms with van der Waals surface area (Å²) in [6.07, 6.45) is 1.63. The summed E-state index contributed by atoms with van der Waals surface area (Å²) in [6.45, 7) is 0.508. The van der Waals surface area contributed by atoms with Gasteiger partial charge in [0.1, 0.15) is 18.1 Å². The van der Waals surface area contributed by atoms with Gasteiger partial charge in [0.2, 0.25) is 0 Å². The van der Waals surface area contributed by atoms with Gasteiger partial charge in [0.15, 0.2) is 0 Å². The molecule has 1 aliphatic rings. The van der Waals surface area contributed by atoms with Crippen molar-refractivity contribution in [2.24, 2.45) is 0 Å². The van der Waals surface area contributed by atoms with E-state index in [2.05, 4.69) is 5.32 Å². The van der Waals surface area contributed by atoms with Gasteiger partial charge in [0.05, 0.1) is 6.54 Å². The zero-order valence-corrected chi connectivity index (χ0v) is 16.8. The third-order valence-corrected chi connectivity index (χ3v) is 5.07. The van der Waals surface area contributed by atoms with Gasteiger partial charge in [-0.2, -0.15) is 0 Å². The van der Waals surface area contributed by atoms with Crippen LogP contribution in [0, 0.1) is 0 Å². The van der Waals surface area contributed by atoms with Crippen molar-refractivity contribution < 1.29 is 14.3 Å². The van der Waals surface area contributed by atoms with E-state index in [0.717, 1.165) is 11.1 Å². The van der Waals surface area contributed by atoms with E-state index in [1.54, 1.807) is 6.08 Å². The van der Waals surface area contributed by atoms with Crippen LogP contribution in [-0.4, -0.2) is 16.8 Å². The minimum absolute atomic E-state index is 0.213. The largest absolute Gasteiger partial charge is 0.488 e. The highest BCUT2D eigenvalue weighted by molar-refractivity contribution is 6.31. The van der Waals surface area contributed by atoms with E-state index in [1.165, 1.54) is 4.90 Å². The van der Waals surface area contributed by atoms with Crippen molar-refractivity contribution in [3.8, 4) is 5.75 Å². The van der Waals surface area contributed by atoms with Crippen molar-refractivity contribution in [2.75, 3.05) is 0 Å². The normalized spacial score (nSPS) is 14.8. The molecule has 3 aromatic rings. The molecule has 6 heteroatoms. The molecule has 150 valence electrons. The molecule has 0 atom stereocenters. The predicted octanol–water partition coefficient (Wildman–Crippen LogP) is 5.01. The van der Waals surface area contributed by atoms with E-state index in [4.69, 9.17) is 16.3 Å². The Hall–Kier alpha value is -3.57. The number of nitrogens with one attached hydrogen (secondary N) is 1. The number of benzene rings is 3. The molecular formula is C24H19ClN2O3. The Bertz CT molecular complexity index is 1110. The van der Waals surface area contributed by atoms with E-state index < -0.39 is 6.03 Å². The second-order valence-electron chi connectivity index (χ2n) is 6.78. The minimum Gasteiger partial charge on any atom is -0.488 e. The molecule has 0 radical (unpaired) electrons. The maximum absolute atomic E-state index is 12.8. The number of hydrogen-bond donors (Lipinski definition) is 1. The Morgan fingerprint density at radius 3 is 2.40 bits per heavy atom. The molecule has 0 aliphatic carbocycles. The molecule has 1 N–H and O–H groups in total. The van der Waals surface area contributed by atoms with Crippen LogP contribution >= 0.6 is 11.6 Å². The highest BCUT2D eigenvalue weighted by Crippen LogP contribution is 2.25. The topological polar surface area (TPSA) is 58.6 Å². The third kappa shape index (κ3) is 4.36. The summed E-state index contributed by atoms with van der Waals surface area (Å²) < 4.78 is 5.93. The van der Waals surface area contributed by atoms with Crippen molar-refractivity contribution in [1.82, 2.24) is 10.2 Å². The smallest absolute Gasteiger partial charge is 0.329 e. The first-order valence-electron chi connectivity index (χ1n) is 9.45. The van der Waals surface area contributed by atoms with Gasteiger partial charge in [-0.15, -0.1) is 0 Å². The monoisotopic (exact) mass is 418 g/mol. The molecule has 1 saturated heterocycles. The Morgan fingerprint density at radius 2 is 1.60 bits per heavy atom. The van der Waals surface area contributed by atoms with E-state index in [-0.39, 0.29) is 18.1 Å². The standard InChI is InChI=1S/C24H19ClN2O3/c25-20-12-6-4-11-19(20)16-30-22-13-7-5-10-18(22)14-21-23(28)27(24(29)26-21)15-17-8-2-1-3-9-17/h1-14H,15-16H2,(H,26,29)/b21-14+. The number of urea groups is 1. The number of rotatable bonds is 6. The molecule has 4 rings (SSSR count). The first kappa shape index (κ1) is 19.7. The molecular weight excluding hydrogens is 400 g/mol. The molecule has 3 aromatic carbocycles. The highest BCUT2D eigenvalue weighted by Gasteiger charge is 2.33. The lowest BCUT2D eigenvalue weighted by molar-refractivity contribution is -0.123. The van der Waals surface area contributed by atoms with Crippen molar-refractivity contribution in [2.45, 2.75) is 13.2 Å². The summed E-state index contributed by atoms with van der Waals surface area (Å²) >= 11 is 6.20. The second-order valence-corrected chi connectivity index (χ2v) is 7.19. The molecule has 1 fully saturated rings. The lowest BCUT2D eigenvalue weighted by Gasteiger charge is -2.12. The molecule has 0 unspecified atom stereocenters. The Balaban J connectivity index is 1.53. The number of carbonyl (C=O) groups excluding carboxylic acids is 2. The van der Waals surface area contributed by atoms with E-state index in [9.17, 15) is 9.59 Å². The Labute approximate surface area is 179 Å². The number of imide groups is 1. The van der Waals surface area contributed by atoms with Crippen LogP contribution in [0.15, 0.2) is 84.6 Å². The van der Waals surface area contributed by atoms with Crippen LogP contribution in [0.3, 0.4) is 0 Å². The number of nitrogens with zero attached hydrogens (tertiary/aromatic N) is 1. The summed E-state index contributed by atoms with van der Waals surface area (Å²) in [5.74, 6) is 0.221. The molecule has 0 saturated carbocycles. The zero-order chi connectivity index (χ0) is 20.9. The van der Waals surface area contributed by atoms with Gasteiger partial charge in [-0.25, -0.2) is 4.79 Å². The van der Waals surface area contributed by atoms with Crippen LogP contribution in [0.1, 0.15) is 16.7 Å². The second kappa shape index (κ2) is 8.84. The van der Waals surface area contributed by atoms with Gasteiger partial charge in [-0.3, -0.25) is 9.69 Å². The maximum Gasteiger partial charge on any atom is 0.329 e. The number of ether oxygens (including phenoxy) is 1. The molecule has 0 aromatic heterocycles. The number of carbonyl (C=O) groups is 2. The minimum atomic E-state index is -0.440. The predicted molar refractivity (Wildman–Crippen MR) is 116 cm³/mol. The summed E-state index contributed by atoms with van der Waals surface area (Å²) in [6, 6.07) is 23.7. The average Bonchev–Trinajstić information content (AvgIpc) is 3.02. The lowest BCUT2D eigenvalue weighted by atomic mass is 10.1. The Kier molecular flexibility index (Phi) is 5.82. The van der Waals surface area contributed by atoms with Crippen molar-refractivity contribution in [3.63, 3.8) is 0 Å². The number of halogens is 1. The summed E-state index contributed by atoms with van der Waals surface area (Å²) in [5.41, 5.74) is 2.64. The van der Waals surface area contributed by atoms with Crippen molar-refractivity contribution >= 4 is 29.6 Å².